The molecule has 0 aliphatic carbocycles. The molecule has 2 aromatic rings. The average molecular weight is 405 g/mol. The predicted molar refractivity (Wildman–Crippen MR) is 104 cm³/mol. The zero-order valence-electron chi connectivity index (χ0n) is 16.1. The number of carbonyl (C=O) groups is 1. The van der Waals surface area contributed by atoms with E-state index in [1.54, 1.807) is 22.9 Å². The first kappa shape index (κ1) is 18.8. The highest BCUT2D eigenvalue weighted by atomic mass is 32.2. The van der Waals surface area contributed by atoms with Gasteiger partial charge in [0.15, 0.2) is 21.3 Å². The van der Waals surface area contributed by atoms with Crippen LogP contribution in [0.3, 0.4) is 0 Å². The van der Waals surface area contributed by atoms with Gasteiger partial charge >= 0.3 is 0 Å². The van der Waals surface area contributed by atoms with Gasteiger partial charge in [0.2, 0.25) is 6.79 Å². The van der Waals surface area contributed by atoms with Crippen LogP contribution in [0.25, 0.3) is 0 Å². The van der Waals surface area contributed by atoms with Crippen molar-refractivity contribution in [3.05, 3.63) is 35.5 Å². The second kappa shape index (κ2) is 6.51. The fourth-order valence-electron chi connectivity index (χ4n) is 3.33. The van der Waals surface area contributed by atoms with E-state index in [-0.39, 0.29) is 35.7 Å². The number of fused-ring (bicyclic) bond motifs is 1. The normalized spacial score (nSPS) is 20.3. The number of amides is 1. The lowest BCUT2D eigenvalue weighted by Crippen LogP contribution is -2.20. The monoisotopic (exact) mass is 405 g/mol. The Morgan fingerprint density at radius 1 is 1.21 bits per heavy atom. The molecule has 4 rings (SSSR count). The molecule has 9 heteroatoms. The summed E-state index contributed by atoms with van der Waals surface area (Å²) < 4.78 is 36.1. The predicted octanol–water partition coefficient (Wildman–Crippen LogP) is 2.52. The van der Waals surface area contributed by atoms with Crippen LogP contribution in [0.15, 0.2) is 24.3 Å². The van der Waals surface area contributed by atoms with Crippen molar-refractivity contribution < 1.29 is 22.7 Å². The largest absolute Gasteiger partial charge is 0.454 e. The molecule has 1 saturated heterocycles. The van der Waals surface area contributed by atoms with Gasteiger partial charge in [-0.05, 0) is 24.6 Å². The number of rotatable bonds is 3. The van der Waals surface area contributed by atoms with Crippen LogP contribution in [0.5, 0.6) is 11.5 Å². The van der Waals surface area contributed by atoms with E-state index in [9.17, 15) is 13.2 Å². The molecule has 0 radical (unpaired) electrons. The van der Waals surface area contributed by atoms with Crippen molar-refractivity contribution in [3.63, 3.8) is 0 Å². The minimum atomic E-state index is -3.08. The Balaban J connectivity index is 1.64. The first-order valence-corrected chi connectivity index (χ1v) is 11.0. The first-order chi connectivity index (χ1) is 13.1. The highest BCUT2D eigenvalue weighted by molar-refractivity contribution is 7.91. The number of nitrogens with zero attached hydrogens (tertiary/aromatic N) is 2. The lowest BCUT2D eigenvalue weighted by molar-refractivity contribution is 0.102. The molecule has 1 fully saturated rings. The minimum absolute atomic E-state index is 0.0329. The van der Waals surface area contributed by atoms with Crippen molar-refractivity contribution in [2.24, 2.45) is 0 Å². The number of nitrogens with one attached hydrogen (secondary N) is 1. The van der Waals surface area contributed by atoms with Gasteiger partial charge in [-0.2, -0.15) is 5.10 Å². The van der Waals surface area contributed by atoms with Gasteiger partial charge in [0.25, 0.3) is 5.91 Å². The Hall–Kier alpha value is -2.55. The first-order valence-electron chi connectivity index (χ1n) is 9.14. The van der Waals surface area contributed by atoms with Crippen LogP contribution < -0.4 is 14.8 Å². The summed E-state index contributed by atoms with van der Waals surface area (Å²) in [4.78, 5) is 12.8. The van der Waals surface area contributed by atoms with E-state index < -0.39 is 9.84 Å². The van der Waals surface area contributed by atoms with Crippen LogP contribution >= 0.6 is 0 Å². The maximum absolute atomic E-state index is 12.8. The highest BCUT2D eigenvalue weighted by Crippen LogP contribution is 2.34. The van der Waals surface area contributed by atoms with E-state index in [2.05, 4.69) is 10.4 Å². The van der Waals surface area contributed by atoms with E-state index in [4.69, 9.17) is 9.47 Å². The molecule has 1 unspecified atom stereocenters. The summed E-state index contributed by atoms with van der Waals surface area (Å²) >= 11 is 0. The minimum Gasteiger partial charge on any atom is -0.454 e. The van der Waals surface area contributed by atoms with Crippen LogP contribution in [0.1, 0.15) is 49.3 Å². The second-order valence-corrected chi connectivity index (χ2v) is 10.4. The molecular formula is C19H23N3O5S. The van der Waals surface area contributed by atoms with Crippen LogP contribution in [0.4, 0.5) is 5.82 Å². The molecule has 0 saturated carbocycles. The van der Waals surface area contributed by atoms with Gasteiger partial charge in [0.1, 0.15) is 5.82 Å². The molecule has 8 nitrogen and oxygen atoms in total. The second-order valence-electron chi connectivity index (χ2n) is 8.19. The third kappa shape index (κ3) is 3.58. The molecule has 3 heterocycles. The summed E-state index contributed by atoms with van der Waals surface area (Å²) in [6, 6.07) is 6.51. The number of sulfone groups is 1. The number of aromatic nitrogens is 2. The SMILES string of the molecule is CC(C)(C)c1cc(NC(=O)c2ccc3c(c2)OCO3)n(C2CCS(=O)(=O)C2)n1. The maximum atomic E-state index is 12.8. The summed E-state index contributed by atoms with van der Waals surface area (Å²) in [5.41, 5.74) is 0.979. The van der Waals surface area contributed by atoms with Gasteiger partial charge in [-0.3, -0.25) is 4.79 Å². The van der Waals surface area contributed by atoms with E-state index in [0.717, 1.165) is 5.69 Å². The highest BCUT2D eigenvalue weighted by Gasteiger charge is 2.33. The van der Waals surface area contributed by atoms with Crippen molar-refractivity contribution >= 4 is 21.6 Å². The van der Waals surface area contributed by atoms with Crippen LogP contribution in [-0.2, 0) is 15.3 Å². The number of anilines is 1. The molecule has 0 spiro atoms. The molecule has 1 atom stereocenters. The molecule has 1 N–H and O–H groups in total. The van der Waals surface area contributed by atoms with E-state index in [1.807, 2.05) is 26.8 Å². The standard InChI is InChI=1S/C19H23N3O5S/c1-19(2,3)16-9-17(22(21-16)13-6-7-28(24,25)10-13)20-18(23)12-4-5-14-15(8-12)27-11-26-14/h4-5,8-9,13H,6-7,10-11H2,1-3H3,(H,20,23). The van der Waals surface area contributed by atoms with Gasteiger partial charge in [-0.15, -0.1) is 0 Å². The Bertz CT molecular complexity index is 1040. The quantitative estimate of drug-likeness (QED) is 0.842. The van der Waals surface area contributed by atoms with Crippen LogP contribution in [0.2, 0.25) is 0 Å². The Kier molecular flexibility index (Phi) is 4.37. The zero-order valence-corrected chi connectivity index (χ0v) is 16.9. The molecular weight excluding hydrogens is 382 g/mol. The third-order valence-corrected chi connectivity index (χ3v) is 6.69. The number of ether oxygens (including phenoxy) is 2. The van der Waals surface area contributed by atoms with Gasteiger partial charge in [0.05, 0.1) is 23.2 Å². The Morgan fingerprint density at radius 3 is 2.64 bits per heavy atom. The summed E-state index contributed by atoms with van der Waals surface area (Å²) in [5.74, 6) is 1.48. The summed E-state index contributed by atoms with van der Waals surface area (Å²) in [5, 5.41) is 7.51. The molecule has 28 heavy (non-hydrogen) atoms. The van der Waals surface area contributed by atoms with Crippen molar-refractivity contribution in [2.45, 2.75) is 38.6 Å². The molecule has 1 aromatic heterocycles. The summed E-state index contributed by atoms with van der Waals surface area (Å²) in [7, 11) is -3.08. The number of hydrogen-bond donors (Lipinski definition) is 1. The molecule has 1 aromatic carbocycles. The Labute approximate surface area is 163 Å². The van der Waals surface area contributed by atoms with Crippen molar-refractivity contribution in [2.75, 3.05) is 23.6 Å². The molecule has 1 amide bonds. The average Bonchev–Trinajstić information content (AvgIpc) is 3.31. The van der Waals surface area contributed by atoms with E-state index in [0.29, 0.717) is 29.3 Å². The topological polar surface area (TPSA) is 99.5 Å². The van der Waals surface area contributed by atoms with Crippen LogP contribution in [-0.4, -0.2) is 42.4 Å². The summed E-state index contributed by atoms with van der Waals surface area (Å²) in [6.45, 7) is 6.20. The third-order valence-electron chi connectivity index (χ3n) is 4.93. The zero-order chi connectivity index (χ0) is 20.1. The maximum Gasteiger partial charge on any atom is 0.256 e. The van der Waals surface area contributed by atoms with Gasteiger partial charge in [0, 0.05) is 17.0 Å². The van der Waals surface area contributed by atoms with Crippen molar-refractivity contribution in [1.29, 1.82) is 0 Å². The fraction of sp³-hybridized carbons (Fsp3) is 0.474. The lowest BCUT2D eigenvalue weighted by Gasteiger charge is -2.15. The van der Waals surface area contributed by atoms with Gasteiger partial charge in [-0.25, -0.2) is 13.1 Å². The number of benzene rings is 1. The van der Waals surface area contributed by atoms with E-state index >= 15 is 0 Å². The summed E-state index contributed by atoms with van der Waals surface area (Å²) in [6.07, 6.45) is 0.487. The smallest absolute Gasteiger partial charge is 0.256 e. The lowest BCUT2D eigenvalue weighted by atomic mass is 9.92. The van der Waals surface area contributed by atoms with Crippen molar-refractivity contribution in [1.82, 2.24) is 9.78 Å². The molecule has 0 bridgehead atoms. The molecule has 150 valence electrons. The van der Waals surface area contributed by atoms with Crippen LogP contribution in [0, 0.1) is 0 Å². The number of carbonyl (C=O) groups excluding carboxylic acids is 1. The van der Waals surface area contributed by atoms with E-state index in [1.165, 1.54) is 0 Å². The van der Waals surface area contributed by atoms with Gasteiger partial charge in [-0.1, -0.05) is 20.8 Å². The molecule has 2 aliphatic rings. The Morgan fingerprint density at radius 2 is 1.96 bits per heavy atom. The fourth-order valence-corrected chi connectivity index (χ4v) is 5.02. The number of hydrogen-bond acceptors (Lipinski definition) is 6. The van der Waals surface area contributed by atoms with Gasteiger partial charge < -0.3 is 14.8 Å². The molecule has 2 aliphatic heterocycles. The van der Waals surface area contributed by atoms with Crippen molar-refractivity contribution in [3.8, 4) is 11.5 Å².